The molecule has 6 fully saturated rings. The van der Waals surface area contributed by atoms with E-state index in [-0.39, 0.29) is 64.2 Å². The van der Waals surface area contributed by atoms with Crippen molar-refractivity contribution in [2.24, 2.45) is 5.92 Å². The quantitative estimate of drug-likeness (QED) is 0.278. The summed E-state index contributed by atoms with van der Waals surface area (Å²) >= 11 is 0. The molecule has 4 aromatic rings. The summed E-state index contributed by atoms with van der Waals surface area (Å²) in [7, 11) is 0. The molecule has 48 heavy (non-hydrogen) atoms. The molecular formula is C36H35F3N6O3. The fourth-order valence-corrected chi connectivity index (χ4v) is 9.79. The van der Waals surface area contributed by atoms with Gasteiger partial charge in [-0.25, -0.2) is 18.2 Å². The Labute approximate surface area is 274 Å². The summed E-state index contributed by atoms with van der Waals surface area (Å²) < 4.78 is 60.1. The van der Waals surface area contributed by atoms with E-state index in [1.807, 2.05) is 6.92 Å². The van der Waals surface area contributed by atoms with Gasteiger partial charge in [0.15, 0.2) is 5.82 Å². The number of piperidine rings is 2. The van der Waals surface area contributed by atoms with Crippen LogP contribution in [-0.2, 0) is 0 Å². The van der Waals surface area contributed by atoms with E-state index < -0.39 is 23.3 Å². The largest absolute Gasteiger partial charge is 0.508 e. The summed E-state index contributed by atoms with van der Waals surface area (Å²) in [6.07, 6.45) is 2.73. The Morgan fingerprint density at radius 1 is 1.19 bits per heavy atom. The summed E-state index contributed by atoms with van der Waals surface area (Å²) in [6, 6.07) is 6.30. The zero-order chi connectivity index (χ0) is 32.7. The number of hydrogen-bond acceptors (Lipinski definition) is 9. The van der Waals surface area contributed by atoms with Gasteiger partial charge in [0.05, 0.1) is 11.1 Å². The number of allylic oxidation sites excluding steroid dienone is 1. The van der Waals surface area contributed by atoms with Crippen LogP contribution in [0.1, 0.15) is 44.6 Å². The third-order valence-electron chi connectivity index (χ3n) is 12.1. The van der Waals surface area contributed by atoms with Gasteiger partial charge in [0.25, 0.3) is 0 Å². The molecule has 9 nitrogen and oxygen atoms in total. The molecule has 7 aliphatic rings. The monoisotopic (exact) mass is 656 g/mol. The Bertz CT molecular complexity index is 2080. The number of hydrogen-bond donors (Lipinski definition) is 2. The molecule has 2 N–H and O–H groups in total. The highest BCUT2D eigenvalue weighted by molar-refractivity contribution is 6.06. The van der Waals surface area contributed by atoms with Crippen LogP contribution in [0.25, 0.3) is 38.5 Å². The maximum atomic E-state index is 17.2. The number of aromatic hydroxyl groups is 1. The van der Waals surface area contributed by atoms with Gasteiger partial charge in [0, 0.05) is 54.0 Å². The first-order valence-corrected chi connectivity index (χ1v) is 16.9. The molecule has 248 valence electrons. The molecule has 1 aliphatic carbocycles. The smallest absolute Gasteiger partial charge is 0.319 e. The minimum atomic E-state index is -0.920. The average molecular weight is 657 g/mol. The normalized spacial score (nSPS) is 31.1. The molecule has 12 heteroatoms. The molecule has 5 saturated heterocycles. The van der Waals surface area contributed by atoms with Crippen LogP contribution in [0.4, 0.5) is 19.0 Å². The molecule has 4 bridgehead atoms. The van der Waals surface area contributed by atoms with Crippen LogP contribution < -0.4 is 19.7 Å². The molecular weight excluding hydrogens is 621 g/mol. The average Bonchev–Trinajstić information content (AvgIpc) is 3.31. The molecule has 2 unspecified atom stereocenters. The standard InChI is InChI=1S/C36H35F3N6O3/c1-3-17(2)25-24(38)6-5-18-9-21(46)11-22(26(18)25)29-28(39)30-27-32(43-34(42-30)48-15-35-7-4-8-44(35)13-19(37)12-35)45-14-20-10-23-31(40-20)36(23,45)16-47-33(27)41-29/h5-6,9,11,19-20,23,31,40,46H,2-4,7-8,10,12-16H2,1H3/t19-,20-,23+,31?,35?,36-/m1/s1. The number of halogens is 3. The maximum absolute atomic E-state index is 17.2. The molecule has 6 atom stereocenters. The minimum absolute atomic E-state index is 0.0105. The highest BCUT2D eigenvalue weighted by Gasteiger charge is 2.76. The van der Waals surface area contributed by atoms with E-state index >= 15 is 8.78 Å². The van der Waals surface area contributed by atoms with Gasteiger partial charge in [-0.2, -0.15) is 9.97 Å². The van der Waals surface area contributed by atoms with Gasteiger partial charge in [-0.1, -0.05) is 19.6 Å². The fourth-order valence-electron chi connectivity index (χ4n) is 9.79. The van der Waals surface area contributed by atoms with Crippen LogP contribution >= 0.6 is 0 Å². The molecule has 2 aromatic carbocycles. The molecule has 11 rings (SSSR count). The maximum Gasteiger partial charge on any atom is 0.319 e. The Hall–Kier alpha value is -4.16. The highest BCUT2D eigenvalue weighted by Crippen LogP contribution is 2.62. The van der Waals surface area contributed by atoms with Crippen LogP contribution in [0.3, 0.4) is 0 Å². The van der Waals surface area contributed by atoms with E-state index in [0.29, 0.717) is 66.0 Å². The van der Waals surface area contributed by atoms with Gasteiger partial charge in [-0.3, -0.25) is 4.90 Å². The van der Waals surface area contributed by atoms with E-state index in [1.165, 1.54) is 18.2 Å². The van der Waals surface area contributed by atoms with Crippen molar-refractivity contribution in [1.29, 1.82) is 0 Å². The van der Waals surface area contributed by atoms with Crippen molar-refractivity contribution in [2.75, 3.05) is 37.7 Å². The number of benzene rings is 2. The number of anilines is 1. The second kappa shape index (κ2) is 9.72. The van der Waals surface area contributed by atoms with Crippen molar-refractivity contribution in [3.05, 3.63) is 48.0 Å². The lowest BCUT2D eigenvalue weighted by Crippen LogP contribution is -2.60. The van der Waals surface area contributed by atoms with Crippen molar-refractivity contribution < 1.29 is 27.8 Å². The Kier molecular flexibility index (Phi) is 5.84. The van der Waals surface area contributed by atoms with Crippen molar-refractivity contribution >= 4 is 33.1 Å². The number of rotatable bonds is 6. The second-order valence-corrected chi connectivity index (χ2v) is 14.5. The zero-order valence-electron chi connectivity index (χ0n) is 26.5. The summed E-state index contributed by atoms with van der Waals surface area (Å²) in [6.45, 7) is 8.36. The van der Waals surface area contributed by atoms with Crippen LogP contribution in [0.5, 0.6) is 17.6 Å². The number of nitrogens with one attached hydrogen (secondary N) is 1. The van der Waals surface area contributed by atoms with Crippen LogP contribution in [-0.4, -0.2) is 87.1 Å². The summed E-state index contributed by atoms with van der Waals surface area (Å²) in [5.41, 5.74) is 0.0199. The number of pyridine rings is 1. The number of alkyl halides is 1. The predicted molar refractivity (Wildman–Crippen MR) is 174 cm³/mol. The lowest BCUT2D eigenvalue weighted by atomic mass is 9.91. The van der Waals surface area contributed by atoms with Gasteiger partial charge < -0.3 is 24.8 Å². The SMILES string of the molecule is C=C(CC)c1c(F)ccc2cc(O)cc(-c3nc4c5c(nc(OCC67CCCN6C[C@H](F)C7)nc5c3F)N3C[C@H]5C[C@H]6C(N5)[C@@]63CO4)c12. The van der Waals surface area contributed by atoms with Gasteiger partial charge >= 0.3 is 6.01 Å². The molecule has 1 spiro atoms. The first kappa shape index (κ1) is 28.8. The molecule has 0 amide bonds. The van der Waals surface area contributed by atoms with Crippen LogP contribution in [0.15, 0.2) is 30.8 Å². The van der Waals surface area contributed by atoms with E-state index in [9.17, 15) is 9.50 Å². The fraction of sp³-hybridized carbons (Fsp3) is 0.472. The van der Waals surface area contributed by atoms with Gasteiger partial charge in [0.1, 0.15) is 53.4 Å². The van der Waals surface area contributed by atoms with E-state index in [4.69, 9.17) is 19.4 Å². The first-order valence-electron chi connectivity index (χ1n) is 16.9. The number of nitrogens with zero attached hydrogens (tertiary/aromatic N) is 5. The topological polar surface area (TPSA) is 95.9 Å². The third-order valence-corrected chi connectivity index (χ3v) is 12.1. The minimum Gasteiger partial charge on any atom is -0.508 e. The Balaban J connectivity index is 1.19. The second-order valence-electron chi connectivity index (χ2n) is 14.5. The number of ether oxygens (including phenoxy) is 2. The third kappa shape index (κ3) is 3.73. The van der Waals surface area contributed by atoms with Crippen molar-refractivity contribution in [3.8, 4) is 28.9 Å². The Morgan fingerprint density at radius 3 is 2.88 bits per heavy atom. The van der Waals surface area contributed by atoms with Gasteiger partial charge in [-0.15, -0.1) is 0 Å². The van der Waals surface area contributed by atoms with Gasteiger partial charge in [-0.05, 0) is 61.4 Å². The van der Waals surface area contributed by atoms with Crippen molar-refractivity contribution in [1.82, 2.24) is 25.2 Å². The Morgan fingerprint density at radius 2 is 2.06 bits per heavy atom. The van der Waals surface area contributed by atoms with Gasteiger partial charge in [0.2, 0.25) is 5.88 Å². The van der Waals surface area contributed by atoms with E-state index in [0.717, 1.165) is 25.8 Å². The predicted octanol–water partition coefficient (Wildman–Crippen LogP) is 5.52. The number of aromatic nitrogens is 3. The number of phenolic OH excluding ortho intramolecular Hbond substituents is 1. The summed E-state index contributed by atoms with van der Waals surface area (Å²) in [5.74, 6) is -0.332. The molecule has 0 radical (unpaired) electrons. The van der Waals surface area contributed by atoms with Crippen LogP contribution in [0.2, 0.25) is 0 Å². The number of fused-ring (bicyclic) bond motifs is 2. The summed E-state index contributed by atoms with van der Waals surface area (Å²) in [4.78, 5) is 18.7. The van der Waals surface area contributed by atoms with E-state index in [2.05, 4.69) is 26.7 Å². The molecule has 1 saturated carbocycles. The lowest BCUT2D eigenvalue weighted by Gasteiger charge is -2.42. The molecule has 8 heterocycles. The summed E-state index contributed by atoms with van der Waals surface area (Å²) in [5, 5.41) is 15.8. The number of phenols is 1. The van der Waals surface area contributed by atoms with Crippen molar-refractivity contribution in [3.63, 3.8) is 0 Å². The first-order chi connectivity index (χ1) is 23.2. The zero-order valence-corrected chi connectivity index (χ0v) is 26.5. The lowest BCUT2D eigenvalue weighted by molar-refractivity contribution is 0.107. The highest BCUT2D eigenvalue weighted by atomic mass is 19.1. The molecule has 6 aliphatic heterocycles. The van der Waals surface area contributed by atoms with Crippen LogP contribution in [0, 0.1) is 17.6 Å². The molecule has 2 aromatic heterocycles. The number of piperazine rings is 1. The van der Waals surface area contributed by atoms with Crippen molar-refractivity contribution in [2.45, 2.75) is 68.4 Å². The van der Waals surface area contributed by atoms with E-state index in [1.54, 1.807) is 6.07 Å².